The van der Waals surface area contributed by atoms with E-state index in [1.165, 1.54) is 16.7 Å². The Bertz CT molecular complexity index is 3580. The zero-order chi connectivity index (χ0) is 60.8. The predicted molar refractivity (Wildman–Crippen MR) is 332 cm³/mol. The summed E-state index contributed by atoms with van der Waals surface area (Å²) in [5.41, 5.74) is 13.9. The average molecular weight is 1190 g/mol. The van der Waals surface area contributed by atoms with Gasteiger partial charge in [-0.05, 0) is 80.8 Å². The summed E-state index contributed by atoms with van der Waals surface area (Å²) in [6, 6.07) is 44.4. The van der Waals surface area contributed by atoms with Crippen LogP contribution in [0.5, 0.6) is 0 Å². The second-order valence-electron chi connectivity index (χ2n) is 20.4. The summed E-state index contributed by atoms with van der Waals surface area (Å²) in [7, 11) is 0. The first kappa shape index (κ1) is 69.2. The summed E-state index contributed by atoms with van der Waals surface area (Å²) in [5.74, 6) is 1.43. The Morgan fingerprint density at radius 1 is 0.575 bits per heavy atom. The van der Waals surface area contributed by atoms with Gasteiger partial charge in [-0.1, -0.05) is 123 Å². The summed E-state index contributed by atoms with van der Waals surface area (Å²) in [6.07, 6.45) is 6.87. The van der Waals surface area contributed by atoms with Crippen LogP contribution in [-0.4, -0.2) is 97.6 Å². The normalized spacial score (nSPS) is 12.6. The molecular formula is C63H73BN14NaO8. The number of nitrogens with zero attached hydrogens (tertiary/aromatic N) is 10. The van der Waals surface area contributed by atoms with Gasteiger partial charge in [0, 0.05) is 121 Å². The van der Waals surface area contributed by atoms with Gasteiger partial charge in [0.05, 0.1) is 11.4 Å². The number of rotatable bonds is 16. The molecular weight excluding hydrogens is 1110 g/mol. The van der Waals surface area contributed by atoms with E-state index >= 15 is 0 Å². The van der Waals surface area contributed by atoms with Crippen molar-refractivity contribution < 1.29 is 58.8 Å². The first-order valence-electron chi connectivity index (χ1n) is 28.2. The SMILES string of the molecule is CC(=O)OOC(C)=O.CC(=O)[O-].CC(C)N[C@@H](C)c1ccc(CCNc2nccc(N3CCCn4c3nc(-c3ccccc3)cc4=O)n2)cc1.C[C@H](N)c1ccc(CCNc2nccc(N3CCCn4c3nc(-c3ccccc3)cc4=O)n2)cc1.[B].[Na+]. The Labute approximate surface area is 530 Å². The maximum absolute atomic E-state index is 12.9. The topological polar surface area (TPSA) is 283 Å². The van der Waals surface area contributed by atoms with Gasteiger partial charge in [0.2, 0.25) is 23.8 Å². The number of nitrogens with two attached hydrogens (primary N) is 1. The van der Waals surface area contributed by atoms with E-state index in [-0.39, 0.29) is 55.1 Å². The van der Waals surface area contributed by atoms with Gasteiger partial charge in [0.15, 0.2) is 0 Å². The molecule has 24 heteroatoms. The predicted octanol–water partition coefficient (Wildman–Crippen LogP) is 4.28. The molecule has 6 heterocycles. The van der Waals surface area contributed by atoms with Crippen LogP contribution in [0.4, 0.5) is 35.4 Å². The summed E-state index contributed by atoms with van der Waals surface area (Å²) in [4.78, 5) is 94.1. The summed E-state index contributed by atoms with van der Waals surface area (Å²) in [5, 5.41) is 19.1. The number of nitrogens with one attached hydrogen (secondary N) is 3. The second kappa shape index (κ2) is 34.5. The Morgan fingerprint density at radius 3 is 1.33 bits per heavy atom. The minimum atomic E-state index is -1.08. The Morgan fingerprint density at radius 2 is 0.966 bits per heavy atom. The molecule has 3 radical (unpaired) electrons. The van der Waals surface area contributed by atoms with E-state index in [9.17, 15) is 19.2 Å². The maximum atomic E-state index is 12.9. The van der Waals surface area contributed by atoms with Gasteiger partial charge in [0.1, 0.15) is 11.6 Å². The summed E-state index contributed by atoms with van der Waals surface area (Å²) in [6.45, 7) is 15.9. The van der Waals surface area contributed by atoms with Gasteiger partial charge in [-0.3, -0.25) is 28.5 Å². The molecule has 4 aromatic carbocycles. The molecule has 0 bridgehead atoms. The zero-order valence-corrected chi connectivity index (χ0v) is 52.6. The molecule has 87 heavy (non-hydrogen) atoms. The fraction of sp³-hybridized carbons (Fsp3) is 0.317. The largest absolute Gasteiger partial charge is 1.00 e. The molecule has 0 spiro atoms. The molecule has 0 saturated heterocycles. The van der Waals surface area contributed by atoms with Crippen LogP contribution >= 0.6 is 0 Å². The molecule has 0 amide bonds. The molecule has 2 atom stereocenters. The molecule has 5 N–H and O–H groups in total. The van der Waals surface area contributed by atoms with E-state index in [1.807, 2.05) is 89.5 Å². The molecule has 2 aliphatic rings. The molecule has 0 unspecified atom stereocenters. The number of aliphatic carboxylic acids is 1. The van der Waals surface area contributed by atoms with Crippen molar-refractivity contribution in [3.63, 3.8) is 0 Å². The molecule has 8 aromatic rings. The van der Waals surface area contributed by atoms with Crippen molar-refractivity contribution >= 4 is 61.8 Å². The Hall–Kier alpha value is -8.61. The van der Waals surface area contributed by atoms with Crippen molar-refractivity contribution in [3.8, 4) is 22.5 Å². The van der Waals surface area contributed by atoms with Gasteiger partial charge >= 0.3 is 41.5 Å². The molecule has 447 valence electrons. The van der Waals surface area contributed by atoms with Gasteiger partial charge in [-0.25, -0.2) is 39.3 Å². The third-order valence-corrected chi connectivity index (χ3v) is 13.2. The first-order chi connectivity index (χ1) is 40.9. The molecule has 2 aliphatic heterocycles. The summed E-state index contributed by atoms with van der Waals surface area (Å²) >= 11 is 0. The standard InChI is InChI=1S/C30H35N7O.C27H29N7O.C4H6O4.C2H4O2.B.Na/c1-21(2)33-22(3)24-12-10-23(11-13-24)14-16-31-29-32-17-15-27(35-29)36-18-7-19-37-28(38)20-26(34-30(36)37)25-8-5-4-6-9-25;1-19(28)21-10-8-20(9-11-21)12-14-29-26-30-15-13-24(32-26)33-16-5-17-34-25(35)18-23(31-27(33)34)22-6-3-2-4-7-22;1-3(5)7-8-4(2)6;1-2(3)4;;/h4-6,8-13,15,17,20-22,33H,7,14,16,18-19H2,1-3H3,(H,31,32,35);2-4,6-11,13,15,18-19H,5,12,14,16-17,28H2,1H3,(H,29,30,32);1-2H3;1H3,(H,3,4);;/q;;;;;+1/p-1/t22-;19-;;;;/m00..../s1. The fourth-order valence-corrected chi connectivity index (χ4v) is 9.22. The van der Waals surface area contributed by atoms with E-state index < -0.39 is 17.9 Å². The van der Waals surface area contributed by atoms with E-state index in [1.54, 1.807) is 33.7 Å². The van der Waals surface area contributed by atoms with Crippen LogP contribution in [0.3, 0.4) is 0 Å². The number of hydrogen-bond acceptors (Lipinski definition) is 20. The quantitative estimate of drug-likeness (QED) is 0.0597. The Balaban J connectivity index is 0.000000263. The van der Waals surface area contributed by atoms with Crippen molar-refractivity contribution in [1.29, 1.82) is 0 Å². The van der Waals surface area contributed by atoms with Crippen LogP contribution < -0.4 is 77.3 Å². The van der Waals surface area contributed by atoms with Gasteiger partial charge in [-0.2, -0.15) is 9.97 Å². The van der Waals surface area contributed by atoms with Gasteiger partial charge in [-0.15, -0.1) is 0 Å². The molecule has 4 aromatic heterocycles. The molecule has 22 nitrogen and oxygen atoms in total. The van der Waals surface area contributed by atoms with Crippen molar-refractivity contribution in [2.45, 2.75) is 105 Å². The zero-order valence-electron chi connectivity index (χ0n) is 50.6. The molecule has 0 saturated carbocycles. The number of carbonyl (C=O) groups excluding carboxylic acids is 3. The number of anilines is 6. The maximum Gasteiger partial charge on any atom is 1.00 e. The van der Waals surface area contributed by atoms with Crippen LogP contribution in [0.15, 0.2) is 155 Å². The van der Waals surface area contributed by atoms with Crippen molar-refractivity contribution in [2.75, 3.05) is 46.6 Å². The fourth-order valence-electron chi connectivity index (χ4n) is 9.22. The number of carbonyl (C=O) groups is 3. The van der Waals surface area contributed by atoms with Gasteiger partial charge < -0.3 is 31.6 Å². The third kappa shape index (κ3) is 21.1. The van der Waals surface area contributed by atoms with Crippen LogP contribution in [-0.2, 0) is 50.1 Å². The summed E-state index contributed by atoms with van der Waals surface area (Å²) < 4.78 is 3.45. The molecule has 0 fully saturated rings. The van der Waals surface area contributed by atoms with Crippen LogP contribution in [0, 0.1) is 0 Å². The third-order valence-electron chi connectivity index (χ3n) is 13.2. The van der Waals surface area contributed by atoms with Crippen LogP contribution in [0.25, 0.3) is 22.5 Å². The van der Waals surface area contributed by atoms with E-state index in [0.29, 0.717) is 72.7 Å². The smallest absolute Gasteiger partial charge is 0.550 e. The van der Waals surface area contributed by atoms with E-state index in [2.05, 4.69) is 105 Å². The number of carboxylic acids is 1. The first-order valence-corrected chi connectivity index (χ1v) is 28.2. The van der Waals surface area contributed by atoms with Crippen molar-refractivity contribution in [2.24, 2.45) is 5.73 Å². The number of benzene rings is 4. The van der Waals surface area contributed by atoms with Gasteiger partial charge in [0.25, 0.3) is 11.1 Å². The van der Waals surface area contributed by atoms with Crippen LogP contribution in [0.2, 0.25) is 0 Å². The van der Waals surface area contributed by atoms with E-state index in [4.69, 9.17) is 35.6 Å². The number of hydrogen-bond donors (Lipinski definition) is 4. The second-order valence-corrected chi connectivity index (χ2v) is 20.4. The monoisotopic (exact) mass is 1190 g/mol. The number of aromatic nitrogens is 8. The average Bonchev–Trinajstić information content (AvgIpc) is 0.928. The number of carboxylic acid groups (broad SMARTS) is 1. The Kier molecular flexibility index (Phi) is 27.4. The molecule has 10 rings (SSSR count). The molecule has 0 aliphatic carbocycles. The number of fused-ring (bicyclic) bond motifs is 2. The van der Waals surface area contributed by atoms with Crippen molar-refractivity contribution in [1.82, 2.24) is 44.4 Å². The van der Waals surface area contributed by atoms with E-state index in [0.717, 1.165) is 88.6 Å². The minimum absolute atomic E-state index is 0. The van der Waals surface area contributed by atoms with Crippen molar-refractivity contribution in [3.05, 3.63) is 189 Å². The minimum Gasteiger partial charge on any atom is -0.550 e. The van der Waals surface area contributed by atoms with Crippen LogP contribution in [0.1, 0.15) is 95.6 Å².